The van der Waals surface area contributed by atoms with E-state index >= 15 is 0 Å². The molecule has 0 spiro atoms. The standard InChI is InChI=1S/C26H29N3O5S/c1-26(2,3)25-28-16-22(23(27)30)24(29-25)34-21-12-8-9-18(15-21)19(13-14-35(4,31)32)17-33-20-10-6-5-7-11-20/h5-16,19H,17H2,1-4H3,(H2,27,30)/b14-13+. The first-order valence-corrected chi connectivity index (χ1v) is 12.9. The predicted octanol–water partition coefficient (Wildman–Crippen LogP) is 4.39. The van der Waals surface area contributed by atoms with Crippen molar-refractivity contribution in [2.24, 2.45) is 5.73 Å². The van der Waals surface area contributed by atoms with Gasteiger partial charge in [-0.15, -0.1) is 0 Å². The lowest BCUT2D eigenvalue weighted by atomic mass is 9.95. The minimum absolute atomic E-state index is 0.0540. The number of para-hydroxylation sites is 1. The molecule has 1 amide bonds. The predicted molar refractivity (Wildman–Crippen MR) is 134 cm³/mol. The van der Waals surface area contributed by atoms with Gasteiger partial charge in [0, 0.05) is 29.2 Å². The monoisotopic (exact) mass is 495 g/mol. The Labute approximate surface area is 205 Å². The first-order chi connectivity index (χ1) is 16.4. The zero-order valence-electron chi connectivity index (χ0n) is 20.1. The molecule has 0 bridgehead atoms. The molecule has 3 aromatic rings. The van der Waals surface area contributed by atoms with Crippen LogP contribution in [0.2, 0.25) is 0 Å². The molecule has 0 aliphatic heterocycles. The topological polar surface area (TPSA) is 121 Å². The number of hydrogen-bond donors (Lipinski definition) is 1. The third-order valence-electron chi connectivity index (χ3n) is 4.92. The average molecular weight is 496 g/mol. The molecule has 35 heavy (non-hydrogen) atoms. The van der Waals surface area contributed by atoms with Crippen LogP contribution < -0.4 is 15.2 Å². The van der Waals surface area contributed by atoms with Crippen LogP contribution in [0.25, 0.3) is 0 Å². The second kappa shape index (κ2) is 10.7. The van der Waals surface area contributed by atoms with E-state index in [0.29, 0.717) is 17.3 Å². The summed E-state index contributed by atoms with van der Waals surface area (Å²) in [4.78, 5) is 20.6. The minimum Gasteiger partial charge on any atom is -0.493 e. The Balaban J connectivity index is 1.94. The summed E-state index contributed by atoms with van der Waals surface area (Å²) < 4.78 is 35.4. The van der Waals surface area contributed by atoms with Gasteiger partial charge in [-0.25, -0.2) is 13.4 Å². The normalized spacial score (nSPS) is 12.9. The molecule has 1 aromatic heterocycles. The van der Waals surface area contributed by atoms with Crippen LogP contribution in [-0.2, 0) is 15.3 Å². The highest BCUT2D eigenvalue weighted by atomic mass is 32.2. The van der Waals surface area contributed by atoms with Crippen molar-refractivity contribution in [2.75, 3.05) is 12.9 Å². The van der Waals surface area contributed by atoms with Crippen molar-refractivity contribution >= 4 is 15.7 Å². The van der Waals surface area contributed by atoms with Gasteiger partial charge < -0.3 is 15.2 Å². The number of aromatic nitrogens is 2. The van der Waals surface area contributed by atoms with Gasteiger partial charge in [-0.1, -0.05) is 57.2 Å². The van der Waals surface area contributed by atoms with E-state index in [1.54, 1.807) is 24.3 Å². The van der Waals surface area contributed by atoms with Crippen molar-refractivity contribution in [3.8, 4) is 17.4 Å². The number of amides is 1. The molecule has 8 nitrogen and oxygen atoms in total. The molecule has 1 atom stereocenters. The summed E-state index contributed by atoms with van der Waals surface area (Å²) in [6.07, 6.45) is 4.07. The van der Waals surface area contributed by atoms with Crippen molar-refractivity contribution in [1.29, 1.82) is 0 Å². The van der Waals surface area contributed by atoms with E-state index in [9.17, 15) is 13.2 Å². The van der Waals surface area contributed by atoms with Crippen LogP contribution in [0.5, 0.6) is 17.4 Å². The summed E-state index contributed by atoms with van der Waals surface area (Å²) in [6, 6.07) is 16.3. The lowest BCUT2D eigenvalue weighted by Gasteiger charge is -2.19. The number of primary amides is 1. The molecule has 2 N–H and O–H groups in total. The Hall–Kier alpha value is -3.72. The number of sulfone groups is 1. The van der Waals surface area contributed by atoms with Crippen molar-refractivity contribution in [1.82, 2.24) is 9.97 Å². The fourth-order valence-electron chi connectivity index (χ4n) is 3.10. The fourth-order valence-corrected chi connectivity index (χ4v) is 3.57. The molecule has 9 heteroatoms. The highest BCUT2D eigenvalue weighted by Gasteiger charge is 2.22. The molecule has 184 valence electrons. The van der Waals surface area contributed by atoms with Crippen molar-refractivity contribution in [2.45, 2.75) is 32.1 Å². The van der Waals surface area contributed by atoms with E-state index in [1.807, 2.05) is 57.2 Å². The fraction of sp³-hybridized carbons (Fsp3) is 0.269. The van der Waals surface area contributed by atoms with Crippen LogP contribution in [0.15, 0.2) is 72.3 Å². The summed E-state index contributed by atoms with van der Waals surface area (Å²) in [5.41, 5.74) is 5.94. The third-order valence-corrected chi connectivity index (χ3v) is 5.57. The highest BCUT2D eigenvalue weighted by molar-refractivity contribution is 7.93. The maximum absolute atomic E-state index is 11.9. The van der Waals surface area contributed by atoms with Crippen molar-refractivity contribution in [3.63, 3.8) is 0 Å². The first kappa shape index (κ1) is 25.9. The van der Waals surface area contributed by atoms with Crippen LogP contribution in [0, 0.1) is 0 Å². The largest absolute Gasteiger partial charge is 0.493 e. The van der Waals surface area contributed by atoms with Gasteiger partial charge >= 0.3 is 0 Å². The lowest BCUT2D eigenvalue weighted by molar-refractivity contribution is 0.0996. The van der Waals surface area contributed by atoms with Gasteiger partial charge in [0.15, 0.2) is 9.84 Å². The molecule has 0 aliphatic rings. The Morgan fingerprint density at radius 1 is 1.09 bits per heavy atom. The number of carbonyl (C=O) groups is 1. The number of rotatable bonds is 9. The maximum atomic E-state index is 11.9. The molecule has 0 fully saturated rings. The zero-order chi connectivity index (χ0) is 25.6. The molecule has 0 radical (unpaired) electrons. The highest BCUT2D eigenvalue weighted by Crippen LogP contribution is 2.29. The second-order valence-electron chi connectivity index (χ2n) is 9.09. The Bertz CT molecular complexity index is 1320. The number of benzene rings is 2. The third kappa shape index (κ3) is 7.65. The second-order valence-corrected chi connectivity index (χ2v) is 11.0. The van der Waals surface area contributed by atoms with Crippen LogP contribution in [0.3, 0.4) is 0 Å². The smallest absolute Gasteiger partial charge is 0.255 e. The Kier molecular flexibility index (Phi) is 7.91. The molecule has 0 saturated carbocycles. The number of hydrogen-bond acceptors (Lipinski definition) is 7. The Morgan fingerprint density at radius 2 is 1.77 bits per heavy atom. The molecular weight excluding hydrogens is 466 g/mol. The van der Waals surface area contributed by atoms with E-state index in [0.717, 1.165) is 17.2 Å². The molecule has 2 aromatic carbocycles. The molecular formula is C26H29N3O5S. The van der Waals surface area contributed by atoms with E-state index in [1.165, 1.54) is 6.20 Å². The van der Waals surface area contributed by atoms with Gasteiger partial charge in [-0.2, -0.15) is 4.98 Å². The van der Waals surface area contributed by atoms with E-state index in [4.69, 9.17) is 15.2 Å². The van der Waals surface area contributed by atoms with Gasteiger partial charge in [-0.3, -0.25) is 4.79 Å². The molecule has 0 saturated heterocycles. The van der Waals surface area contributed by atoms with Gasteiger partial charge in [0.25, 0.3) is 5.91 Å². The molecule has 0 aliphatic carbocycles. The van der Waals surface area contributed by atoms with Crippen LogP contribution in [0.1, 0.15) is 48.4 Å². The van der Waals surface area contributed by atoms with Crippen LogP contribution in [-0.4, -0.2) is 37.2 Å². The average Bonchev–Trinajstić information content (AvgIpc) is 2.78. The SMILES string of the molecule is CC(C)(C)c1ncc(C(N)=O)c(Oc2cccc(C(/C=C/S(C)(=O)=O)COc3ccccc3)c2)n1. The summed E-state index contributed by atoms with van der Waals surface area (Å²) in [6.45, 7) is 6.04. The maximum Gasteiger partial charge on any atom is 0.255 e. The quantitative estimate of drug-likeness (QED) is 0.467. The van der Waals surface area contributed by atoms with Crippen LogP contribution >= 0.6 is 0 Å². The van der Waals surface area contributed by atoms with E-state index < -0.39 is 15.7 Å². The van der Waals surface area contributed by atoms with Gasteiger partial charge in [0.05, 0.1) is 6.61 Å². The molecule has 1 unspecified atom stereocenters. The summed E-state index contributed by atoms with van der Waals surface area (Å²) >= 11 is 0. The van der Waals surface area contributed by atoms with Gasteiger partial charge in [-0.05, 0) is 29.8 Å². The summed E-state index contributed by atoms with van der Waals surface area (Å²) in [5.74, 6) is 0.527. The lowest BCUT2D eigenvalue weighted by Crippen LogP contribution is -2.20. The van der Waals surface area contributed by atoms with Crippen LogP contribution in [0.4, 0.5) is 0 Å². The van der Waals surface area contributed by atoms with E-state index in [-0.39, 0.29) is 29.4 Å². The van der Waals surface area contributed by atoms with E-state index in [2.05, 4.69) is 9.97 Å². The van der Waals surface area contributed by atoms with Gasteiger partial charge in [0.1, 0.15) is 22.9 Å². The number of ether oxygens (including phenoxy) is 2. The number of nitrogens with two attached hydrogens (primary N) is 1. The zero-order valence-corrected chi connectivity index (χ0v) is 21.0. The summed E-state index contributed by atoms with van der Waals surface area (Å²) in [5, 5.41) is 1.16. The number of carbonyl (C=O) groups excluding carboxylic acids is 1. The van der Waals surface area contributed by atoms with Gasteiger partial charge in [0.2, 0.25) is 5.88 Å². The van der Waals surface area contributed by atoms with Crippen molar-refractivity contribution in [3.05, 3.63) is 89.2 Å². The first-order valence-electron chi connectivity index (χ1n) is 10.9. The Morgan fingerprint density at radius 3 is 2.40 bits per heavy atom. The molecule has 1 heterocycles. The van der Waals surface area contributed by atoms with Crippen molar-refractivity contribution < 1.29 is 22.7 Å². The summed E-state index contributed by atoms with van der Waals surface area (Å²) in [7, 11) is -3.34. The number of nitrogens with zero attached hydrogens (tertiary/aromatic N) is 2. The molecule has 3 rings (SSSR count). The minimum atomic E-state index is -3.34.